The molecule has 1 aliphatic rings. The van der Waals surface area contributed by atoms with E-state index >= 15 is 0 Å². The molecule has 23 heavy (non-hydrogen) atoms. The summed E-state index contributed by atoms with van der Waals surface area (Å²) in [5, 5.41) is 14.1. The number of H-pyrrole nitrogens is 1. The molecule has 1 unspecified atom stereocenters. The number of thioether (sulfide) groups is 1. The van der Waals surface area contributed by atoms with E-state index in [0.717, 1.165) is 18.7 Å². The van der Waals surface area contributed by atoms with E-state index in [4.69, 9.17) is 0 Å². The van der Waals surface area contributed by atoms with Crippen molar-refractivity contribution in [1.29, 1.82) is 0 Å². The number of hydrogen-bond donors (Lipinski definition) is 3. The van der Waals surface area contributed by atoms with E-state index in [9.17, 15) is 9.59 Å². The third-order valence-electron chi connectivity index (χ3n) is 3.23. The van der Waals surface area contributed by atoms with Crippen LogP contribution < -0.4 is 10.6 Å². The minimum absolute atomic E-state index is 0.221. The van der Waals surface area contributed by atoms with E-state index in [1.54, 1.807) is 18.3 Å². The maximum Gasteiger partial charge on any atom is 0.321 e. The van der Waals surface area contributed by atoms with Crippen LogP contribution in [-0.4, -0.2) is 38.4 Å². The minimum atomic E-state index is -0.453. The average molecular weight is 351 g/mol. The van der Waals surface area contributed by atoms with Crippen molar-refractivity contribution in [2.45, 2.75) is 42.6 Å². The Morgan fingerprint density at radius 1 is 1.52 bits per heavy atom. The van der Waals surface area contributed by atoms with Crippen molar-refractivity contribution in [2.24, 2.45) is 0 Å². The SMILES string of the molecule is CC(Sc1n[nH]c(Cc2cccs2)n1)C(=O)NC(=O)NC1CC1. The highest BCUT2D eigenvalue weighted by atomic mass is 32.2. The normalized spacial score (nSPS) is 15.2. The Bertz CT molecular complexity index is 681. The standard InChI is InChI=1S/C14H17N5O2S2/c1-8(12(20)17-13(21)15-9-4-5-9)23-14-16-11(18-19-14)7-10-3-2-6-22-10/h2-3,6,8-9H,4-5,7H2,1H3,(H,16,18,19)(H2,15,17,20,21). The van der Waals surface area contributed by atoms with Crippen LogP contribution in [0.5, 0.6) is 0 Å². The van der Waals surface area contributed by atoms with Gasteiger partial charge in [-0.3, -0.25) is 15.2 Å². The van der Waals surface area contributed by atoms with Crippen molar-refractivity contribution >= 4 is 35.0 Å². The number of nitrogens with zero attached hydrogens (tertiary/aromatic N) is 2. The van der Waals surface area contributed by atoms with Gasteiger partial charge in [-0.1, -0.05) is 17.8 Å². The molecule has 3 N–H and O–H groups in total. The van der Waals surface area contributed by atoms with Crippen molar-refractivity contribution in [3.8, 4) is 0 Å². The van der Waals surface area contributed by atoms with Crippen molar-refractivity contribution < 1.29 is 9.59 Å². The molecule has 3 amide bonds. The molecule has 122 valence electrons. The molecule has 1 atom stereocenters. The van der Waals surface area contributed by atoms with Gasteiger partial charge in [0.1, 0.15) is 5.82 Å². The quantitative estimate of drug-likeness (QED) is 0.691. The molecule has 0 radical (unpaired) electrons. The minimum Gasteiger partial charge on any atom is -0.335 e. The monoisotopic (exact) mass is 351 g/mol. The van der Waals surface area contributed by atoms with E-state index in [1.165, 1.54) is 16.6 Å². The van der Waals surface area contributed by atoms with Crippen molar-refractivity contribution in [1.82, 2.24) is 25.8 Å². The molecule has 0 saturated heterocycles. The van der Waals surface area contributed by atoms with Crippen LogP contribution in [0.25, 0.3) is 0 Å². The molecule has 2 aromatic heterocycles. The van der Waals surface area contributed by atoms with Crippen LogP contribution in [0.4, 0.5) is 4.79 Å². The molecule has 1 saturated carbocycles. The molecule has 2 aromatic rings. The van der Waals surface area contributed by atoms with Crippen molar-refractivity contribution in [3.05, 3.63) is 28.2 Å². The third-order valence-corrected chi connectivity index (χ3v) is 5.07. The van der Waals surface area contributed by atoms with E-state index in [-0.39, 0.29) is 11.9 Å². The molecule has 2 heterocycles. The lowest BCUT2D eigenvalue weighted by Crippen LogP contribution is -2.43. The number of hydrogen-bond acceptors (Lipinski definition) is 6. The van der Waals surface area contributed by atoms with Gasteiger partial charge in [0.15, 0.2) is 0 Å². The number of carbonyl (C=O) groups is 2. The zero-order valence-electron chi connectivity index (χ0n) is 12.5. The first-order valence-corrected chi connectivity index (χ1v) is 9.08. The van der Waals surface area contributed by atoms with Crippen LogP contribution in [0.2, 0.25) is 0 Å². The highest BCUT2D eigenvalue weighted by Crippen LogP contribution is 2.21. The van der Waals surface area contributed by atoms with Gasteiger partial charge in [0.25, 0.3) is 0 Å². The summed E-state index contributed by atoms with van der Waals surface area (Å²) in [6, 6.07) is 3.82. The molecule has 0 aliphatic heterocycles. The summed E-state index contributed by atoms with van der Waals surface area (Å²) in [4.78, 5) is 29.1. The zero-order chi connectivity index (χ0) is 16.2. The van der Waals surface area contributed by atoms with Gasteiger partial charge in [0, 0.05) is 17.3 Å². The molecule has 3 rings (SSSR count). The number of nitrogens with one attached hydrogen (secondary N) is 3. The summed E-state index contributed by atoms with van der Waals surface area (Å²) in [6.07, 6.45) is 2.65. The predicted octanol–water partition coefficient (Wildman–Crippen LogP) is 1.93. The van der Waals surface area contributed by atoms with Gasteiger partial charge in [-0.25, -0.2) is 9.78 Å². The molecule has 0 aromatic carbocycles. The van der Waals surface area contributed by atoms with Crippen molar-refractivity contribution in [2.75, 3.05) is 0 Å². The number of urea groups is 1. The summed E-state index contributed by atoms with van der Waals surface area (Å²) >= 11 is 2.88. The summed E-state index contributed by atoms with van der Waals surface area (Å²) in [6.45, 7) is 1.72. The molecule has 9 heteroatoms. The van der Waals surface area contributed by atoms with Crippen LogP contribution in [-0.2, 0) is 11.2 Å². The van der Waals surface area contributed by atoms with Gasteiger partial charge in [-0.05, 0) is 31.2 Å². The second-order valence-corrected chi connectivity index (χ2v) is 7.66. The zero-order valence-corrected chi connectivity index (χ0v) is 14.2. The first kappa shape index (κ1) is 16.0. The van der Waals surface area contributed by atoms with Gasteiger partial charge in [-0.2, -0.15) is 0 Å². The van der Waals surface area contributed by atoms with Crippen LogP contribution in [0.15, 0.2) is 22.7 Å². The molecule has 7 nitrogen and oxygen atoms in total. The second-order valence-electron chi connectivity index (χ2n) is 5.32. The Balaban J connectivity index is 1.48. The molecule has 0 bridgehead atoms. The number of aromatic nitrogens is 3. The van der Waals surface area contributed by atoms with Crippen LogP contribution >= 0.6 is 23.1 Å². The molecule has 1 fully saturated rings. The van der Waals surface area contributed by atoms with Crippen LogP contribution in [0.1, 0.15) is 30.5 Å². The summed E-state index contributed by atoms with van der Waals surface area (Å²) < 4.78 is 0. The third kappa shape index (κ3) is 4.80. The number of aromatic amines is 1. The average Bonchev–Trinajstić information content (AvgIpc) is 2.99. The van der Waals surface area contributed by atoms with E-state index in [0.29, 0.717) is 11.6 Å². The number of amides is 3. The topological polar surface area (TPSA) is 99.8 Å². The fourth-order valence-electron chi connectivity index (χ4n) is 1.86. The fraction of sp³-hybridized carbons (Fsp3) is 0.429. The van der Waals surface area contributed by atoms with Crippen LogP contribution in [0.3, 0.4) is 0 Å². The number of imide groups is 1. The Morgan fingerprint density at radius 2 is 2.35 bits per heavy atom. The lowest BCUT2D eigenvalue weighted by atomic mass is 10.3. The number of thiophene rings is 1. The van der Waals surface area contributed by atoms with Gasteiger partial charge >= 0.3 is 6.03 Å². The summed E-state index contributed by atoms with van der Waals surface area (Å²) in [5.74, 6) is 0.409. The lowest BCUT2D eigenvalue weighted by Gasteiger charge is -2.09. The van der Waals surface area contributed by atoms with Crippen LogP contribution in [0, 0.1) is 0 Å². The Labute approximate surface area is 141 Å². The highest BCUT2D eigenvalue weighted by molar-refractivity contribution is 8.00. The Morgan fingerprint density at radius 3 is 3.04 bits per heavy atom. The smallest absolute Gasteiger partial charge is 0.321 e. The maximum absolute atomic E-state index is 12.0. The van der Waals surface area contributed by atoms with E-state index < -0.39 is 11.3 Å². The van der Waals surface area contributed by atoms with Gasteiger partial charge < -0.3 is 5.32 Å². The van der Waals surface area contributed by atoms with Crippen molar-refractivity contribution in [3.63, 3.8) is 0 Å². The first-order chi connectivity index (χ1) is 11.1. The highest BCUT2D eigenvalue weighted by Gasteiger charge is 2.25. The fourth-order valence-corrected chi connectivity index (χ4v) is 3.31. The van der Waals surface area contributed by atoms with Gasteiger partial charge in [0.05, 0.1) is 5.25 Å². The number of rotatable bonds is 6. The first-order valence-electron chi connectivity index (χ1n) is 7.32. The van der Waals surface area contributed by atoms with E-state index in [1.807, 2.05) is 17.5 Å². The lowest BCUT2D eigenvalue weighted by molar-refractivity contribution is -0.119. The van der Waals surface area contributed by atoms with E-state index in [2.05, 4.69) is 25.8 Å². The Kier molecular flexibility index (Phi) is 4.97. The molecule has 1 aliphatic carbocycles. The maximum atomic E-state index is 12.0. The predicted molar refractivity (Wildman–Crippen MR) is 88.5 cm³/mol. The Hall–Kier alpha value is -1.87. The number of carbonyl (C=O) groups excluding carboxylic acids is 2. The molecule has 0 spiro atoms. The van der Waals surface area contributed by atoms with Gasteiger partial charge in [-0.15, -0.1) is 16.4 Å². The molecular formula is C14H17N5O2S2. The summed E-state index contributed by atoms with van der Waals surface area (Å²) in [7, 11) is 0. The summed E-state index contributed by atoms with van der Waals surface area (Å²) in [5.41, 5.74) is 0. The second kappa shape index (κ2) is 7.14. The van der Waals surface area contributed by atoms with Gasteiger partial charge in [0.2, 0.25) is 11.1 Å². The largest absolute Gasteiger partial charge is 0.335 e. The molecular weight excluding hydrogens is 334 g/mol.